The molecule has 33 heavy (non-hydrogen) atoms. The van der Waals surface area contributed by atoms with Gasteiger partial charge in [-0.3, -0.25) is 9.52 Å². The van der Waals surface area contributed by atoms with Crippen molar-refractivity contribution in [3.63, 3.8) is 0 Å². The van der Waals surface area contributed by atoms with Crippen LogP contribution in [0.3, 0.4) is 0 Å². The molecule has 1 amide bonds. The van der Waals surface area contributed by atoms with Crippen LogP contribution in [-0.2, 0) is 19.6 Å². The summed E-state index contributed by atoms with van der Waals surface area (Å²) in [5, 5.41) is 2.97. The molecule has 0 saturated carbocycles. The molecular weight excluding hydrogens is 472 g/mol. The number of benzene rings is 3. The number of fused-ring (bicyclic) bond motifs is 1. The van der Waals surface area contributed by atoms with E-state index < -0.39 is 28.5 Å². The Morgan fingerprint density at radius 2 is 1.70 bits per heavy atom. The molecule has 2 N–H and O–H groups in total. The maximum absolute atomic E-state index is 12.6. The average molecular weight is 489 g/mol. The van der Waals surface area contributed by atoms with Crippen molar-refractivity contribution in [3.8, 4) is 11.5 Å². The summed E-state index contributed by atoms with van der Waals surface area (Å²) in [5.74, 6) is -0.393. The minimum atomic E-state index is -3.98. The topological polar surface area (TPSA) is 120 Å². The van der Waals surface area contributed by atoms with E-state index in [0.717, 1.165) is 0 Å². The van der Waals surface area contributed by atoms with Crippen molar-refractivity contribution < 1.29 is 32.2 Å². The van der Waals surface area contributed by atoms with Crippen molar-refractivity contribution in [2.24, 2.45) is 0 Å². The van der Waals surface area contributed by atoms with Crippen LogP contribution in [0.1, 0.15) is 10.4 Å². The van der Waals surface area contributed by atoms with Gasteiger partial charge in [0.25, 0.3) is 15.9 Å². The number of para-hydroxylation sites is 1. The zero-order valence-corrected chi connectivity index (χ0v) is 18.5. The van der Waals surface area contributed by atoms with E-state index in [4.69, 9.17) is 25.8 Å². The zero-order valence-electron chi connectivity index (χ0n) is 16.9. The van der Waals surface area contributed by atoms with Gasteiger partial charge in [-0.05, 0) is 48.5 Å². The fraction of sp³-hybridized carbons (Fsp3) is 0.0909. The highest BCUT2D eigenvalue weighted by Gasteiger charge is 2.20. The lowest BCUT2D eigenvalue weighted by molar-refractivity contribution is -0.119. The van der Waals surface area contributed by atoms with E-state index in [-0.39, 0.29) is 22.9 Å². The third-order valence-corrected chi connectivity index (χ3v) is 6.14. The zero-order chi connectivity index (χ0) is 23.4. The Bertz CT molecular complexity index is 1310. The second-order valence-corrected chi connectivity index (χ2v) is 8.92. The quantitative estimate of drug-likeness (QED) is 0.487. The lowest BCUT2D eigenvalue weighted by Crippen LogP contribution is -2.22. The number of esters is 1. The predicted molar refractivity (Wildman–Crippen MR) is 120 cm³/mol. The molecule has 0 atom stereocenters. The van der Waals surface area contributed by atoms with E-state index in [1.54, 1.807) is 30.3 Å². The molecule has 3 aromatic rings. The molecule has 0 aliphatic carbocycles. The maximum Gasteiger partial charge on any atom is 0.340 e. The predicted octanol–water partition coefficient (Wildman–Crippen LogP) is 3.67. The number of hydrogen-bond acceptors (Lipinski definition) is 7. The summed E-state index contributed by atoms with van der Waals surface area (Å²) in [6.07, 6.45) is 0. The van der Waals surface area contributed by atoms with Gasteiger partial charge < -0.3 is 19.5 Å². The Kier molecular flexibility index (Phi) is 6.38. The van der Waals surface area contributed by atoms with Crippen molar-refractivity contribution in [2.45, 2.75) is 4.90 Å². The summed E-state index contributed by atoms with van der Waals surface area (Å²) in [5.41, 5.74) is 0.399. The van der Waals surface area contributed by atoms with Gasteiger partial charge in [0.1, 0.15) is 0 Å². The van der Waals surface area contributed by atoms with E-state index in [2.05, 4.69) is 10.0 Å². The molecule has 0 spiro atoms. The molecular formula is C22H17ClN2O7S. The number of carbonyl (C=O) groups excluding carboxylic acids is 2. The fourth-order valence-corrected chi connectivity index (χ4v) is 4.15. The number of halogens is 1. The summed E-state index contributed by atoms with van der Waals surface area (Å²) >= 11 is 5.80. The monoisotopic (exact) mass is 488 g/mol. The van der Waals surface area contributed by atoms with Gasteiger partial charge in [-0.2, -0.15) is 0 Å². The normalized spacial score (nSPS) is 12.2. The number of ether oxygens (including phenoxy) is 3. The smallest absolute Gasteiger partial charge is 0.340 e. The van der Waals surface area contributed by atoms with Gasteiger partial charge in [0.05, 0.1) is 16.1 Å². The molecule has 0 bridgehead atoms. The molecule has 3 aromatic carbocycles. The van der Waals surface area contributed by atoms with Crippen molar-refractivity contribution in [1.29, 1.82) is 0 Å². The van der Waals surface area contributed by atoms with Crippen LogP contribution < -0.4 is 19.5 Å². The van der Waals surface area contributed by atoms with E-state index in [0.29, 0.717) is 22.2 Å². The highest BCUT2D eigenvalue weighted by Crippen LogP contribution is 2.34. The summed E-state index contributed by atoms with van der Waals surface area (Å²) < 4.78 is 43.2. The second kappa shape index (κ2) is 9.39. The minimum absolute atomic E-state index is 0.00799. The van der Waals surface area contributed by atoms with Crippen molar-refractivity contribution in [2.75, 3.05) is 23.4 Å². The Labute approximate surface area is 194 Å². The standard InChI is InChI=1S/C22H17ClN2O7S/c23-14-5-8-16(9-6-14)33(28,29)25-18-4-2-1-3-17(18)22(27)30-12-21(26)24-15-7-10-19-20(11-15)32-13-31-19/h1-11,25H,12-13H2,(H,24,26). The molecule has 0 unspecified atom stereocenters. The Morgan fingerprint density at radius 3 is 2.48 bits per heavy atom. The van der Waals surface area contributed by atoms with Gasteiger partial charge in [-0.1, -0.05) is 23.7 Å². The van der Waals surface area contributed by atoms with Gasteiger partial charge in [-0.25, -0.2) is 13.2 Å². The van der Waals surface area contributed by atoms with Crippen molar-refractivity contribution >= 4 is 44.9 Å². The first-order valence-electron chi connectivity index (χ1n) is 9.56. The van der Waals surface area contributed by atoms with Crippen LogP contribution in [-0.4, -0.2) is 33.7 Å². The molecule has 1 heterocycles. The van der Waals surface area contributed by atoms with Crippen LogP contribution in [0.25, 0.3) is 0 Å². The number of carbonyl (C=O) groups is 2. The molecule has 9 nitrogen and oxygen atoms in total. The maximum atomic E-state index is 12.6. The number of sulfonamides is 1. The molecule has 4 rings (SSSR count). The first-order valence-corrected chi connectivity index (χ1v) is 11.4. The van der Waals surface area contributed by atoms with Crippen LogP contribution in [0.5, 0.6) is 11.5 Å². The molecule has 0 aromatic heterocycles. The first-order chi connectivity index (χ1) is 15.8. The highest BCUT2D eigenvalue weighted by atomic mass is 35.5. The van der Waals surface area contributed by atoms with Crippen molar-refractivity contribution in [1.82, 2.24) is 0 Å². The number of anilines is 2. The Morgan fingerprint density at radius 1 is 0.970 bits per heavy atom. The lowest BCUT2D eigenvalue weighted by Gasteiger charge is -2.12. The molecule has 11 heteroatoms. The molecule has 0 saturated heterocycles. The van der Waals surface area contributed by atoms with Gasteiger partial charge in [-0.15, -0.1) is 0 Å². The van der Waals surface area contributed by atoms with Crippen molar-refractivity contribution in [3.05, 3.63) is 77.3 Å². The first kappa shape index (κ1) is 22.4. The molecule has 1 aliphatic heterocycles. The van der Waals surface area contributed by atoms with Crippen LogP contribution in [0.4, 0.5) is 11.4 Å². The molecule has 170 valence electrons. The summed E-state index contributed by atoms with van der Waals surface area (Å²) in [6.45, 7) is -0.475. The van der Waals surface area contributed by atoms with Gasteiger partial charge in [0.15, 0.2) is 18.1 Å². The van der Waals surface area contributed by atoms with E-state index in [1.807, 2.05) is 0 Å². The fourth-order valence-electron chi connectivity index (χ4n) is 2.95. The molecule has 0 fully saturated rings. The molecule has 0 radical (unpaired) electrons. The third kappa shape index (κ3) is 5.36. The summed E-state index contributed by atoms with van der Waals surface area (Å²) in [6, 6.07) is 16.3. The number of hydrogen-bond donors (Lipinski definition) is 2. The highest BCUT2D eigenvalue weighted by molar-refractivity contribution is 7.92. The second-order valence-electron chi connectivity index (χ2n) is 6.80. The van der Waals surface area contributed by atoms with Crippen LogP contribution in [0.15, 0.2) is 71.6 Å². The van der Waals surface area contributed by atoms with E-state index >= 15 is 0 Å². The average Bonchev–Trinajstić information content (AvgIpc) is 3.26. The van der Waals surface area contributed by atoms with E-state index in [1.165, 1.54) is 36.4 Å². The van der Waals surface area contributed by atoms with Crippen LogP contribution in [0.2, 0.25) is 5.02 Å². The Balaban J connectivity index is 1.40. The van der Waals surface area contributed by atoms with Gasteiger partial charge in [0, 0.05) is 16.8 Å². The Hall–Kier alpha value is -3.76. The largest absolute Gasteiger partial charge is 0.454 e. The summed E-state index contributed by atoms with van der Waals surface area (Å²) in [7, 11) is -3.98. The van der Waals surface area contributed by atoms with Gasteiger partial charge in [0.2, 0.25) is 6.79 Å². The van der Waals surface area contributed by atoms with E-state index in [9.17, 15) is 18.0 Å². The van der Waals surface area contributed by atoms with Crippen LogP contribution in [0, 0.1) is 0 Å². The number of amides is 1. The lowest BCUT2D eigenvalue weighted by atomic mass is 10.2. The number of rotatable bonds is 7. The third-order valence-electron chi connectivity index (χ3n) is 4.51. The summed E-state index contributed by atoms with van der Waals surface area (Å²) in [4.78, 5) is 24.7. The SMILES string of the molecule is O=C(COC(=O)c1ccccc1NS(=O)(=O)c1ccc(Cl)cc1)Nc1ccc2c(c1)OCO2. The number of nitrogens with one attached hydrogen (secondary N) is 2. The minimum Gasteiger partial charge on any atom is -0.454 e. The van der Waals surface area contributed by atoms with Gasteiger partial charge >= 0.3 is 5.97 Å². The molecule has 1 aliphatic rings. The van der Waals surface area contributed by atoms with Crippen LogP contribution >= 0.6 is 11.6 Å².